The Morgan fingerprint density at radius 3 is 2.75 bits per heavy atom. The number of furan rings is 1. The van der Waals surface area contributed by atoms with Crippen LogP contribution < -0.4 is 11.2 Å². The normalized spacial score (nSPS) is 12.1. The van der Waals surface area contributed by atoms with Crippen molar-refractivity contribution in [3.05, 3.63) is 48.5 Å². The van der Waals surface area contributed by atoms with Gasteiger partial charge in [-0.1, -0.05) is 11.8 Å². The van der Waals surface area contributed by atoms with Crippen molar-refractivity contribution in [2.24, 2.45) is 0 Å². The molecule has 3 N–H and O–H groups in total. The summed E-state index contributed by atoms with van der Waals surface area (Å²) in [7, 11) is 0. The predicted molar refractivity (Wildman–Crippen MR) is 88.2 cm³/mol. The van der Waals surface area contributed by atoms with Gasteiger partial charge in [0.05, 0.1) is 11.5 Å². The second kappa shape index (κ2) is 6.75. The van der Waals surface area contributed by atoms with Crippen molar-refractivity contribution in [3.8, 4) is 11.6 Å². The molecule has 1 aromatic carbocycles. The van der Waals surface area contributed by atoms with Crippen LogP contribution in [0.2, 0.25) is 0 Å². The number of nitrogens with two attached hydrogens (primary N) is 1. The van der Waals surface area contributed by atoms with Crippen LogP contribution in [-0.4, -0.2) is 26.0 Å². The van der Waals surface area contributed by atoms with E-state index in [4.69, 9.17) is 10.3 Å². The molecule has 1 unspecified atom stereocenters. The summed E-state index contributed by atoms with van der Waals surface area (Å²) >= 11 is 1.16. The smallest absolute Gasteiger partial charge is 0.237 e. The van der Waals surface area contributed by atoms with Crippen molar-refractivity contribution in [1.29, 1.82) is 0 Å². The number of carbonyl (C=O) groups excluding carboxylic acids is 1. The van der Waals surface area contributed by atoms with Crippen LogP contribution in [-0.2, 0) is 4.79 Å². The van der Waals surface area contributed by atoms with Crippen molar-refractivity contribution in [1.82, 2.24) is 14.9 Å². The number of thioether (sulfide) groups is 1. The zero-order valence-electron chi connectivity index (χ0n) is 12.6. The first-order chi connectivity index (χ1) is 11.5. The Hall–Kier alpha value is -2.81. The number of anilines is 1. The number of rotatable bonds is 5. The fourth-order valence-electron chi connectivity index (χ4n) is 1.92. The minimum atomic E-state index is -0.481. The third-order valence-corrected chi connectivity index (χ3v) is 4.23. The first-order valence-electron chi connectivity index (χ1n) is 7.02. The summed E-state index contributed by atoms with van der Waals surface area (Å²) in [5, 5.41) is 10.5. The summed E-state index contributed by atoms with van der Waals surface area (Å²) < 4.78 is 19.4. The molecule has 1 atom stereocenters. The van der Waals surface area contributed by atoms with Gasteiger partial charge in [-0.3, -0.25) is 4.79 Å². The SMILES string of the molecule is CC(Sc1nnc(-c2ccco2)n1N)C(=O)Nc1ccc(F)cc1. The molecule has 0 aliphatic heterocycles. The number of nitrogens with zero attached hydrogens (tertiary/aromatic N) is 3. The number of aromatic nitrogens is 3. The van der Waals surface area contributed by atoms with Crippen molar-refractivity contribution in [2.75, 3.05) is 11.2 Å². The monoisotopic (exact) mass is 347 g/mol. The quantitative estimate of drug-likeness (QED) is 0.543. The highest BCUT2D eigenvalue weighted by Crippen LogP contribution is 2.25. The Balaban J connectivity index is 1.67. The van der Waals surface area contributed by atoms with E-state index in [0.717, 1.165) is 11.8 Å². The molecule has 0 fully saturated rings. The van der Waals surface area contributed by atoms with Crippen LogP contribution in [0.1, 0.15) is 6.92 Å². The Morgan fingerprint density at radius 1 is 1.33 bits per heavy atom. The zero-order chi connectivity index (χ0) is 17.1. The fourth-order valence-corrected chi connectivity index (χ4v) is 2.69. The van der Waals surface area contributed by atoms with E-state index in [-0.39, 0.29) is 11.7 Å². The third-order valence-electron chi connectivity index (χ3n) is 3.17. The standard InChI is InChI=1S/C15H14FN5O2S/c1-9(14(22)18-11-6-4-10(16)5-7-11)24-15-20-19-13(21(15)17)12-3-2-8-23-12/h2-9H,17H2,1H3,(H,18,22). The van der Waals surface area contributed by atoms with Crippen LogP contribution in [0, 0.1) is 5.82 Å². The summed E-state index contributed by atoms with van der Waals surface area (Å²) in [5.74, 6) is 6.19. The molecule has 0 spiro atoms. The van der Waals surface area contributed by atoms with Crippen LogP contribution in [0.15, 0.2) is 52.2 Å². The van der Waals surface area contributed by atoms with E-state index in [1.54, 1.807) is 19.1 Å². The molecule has 9 heteroatoms. The van der Waals surface area contributed by atoms with Gasteiger partial charge in [-0.05, 0) is 43.3 Å². The van der Waals surface area contributed by atoms with Crippen LogP contribution in [0.5, 0.6) is 0 Å². The van der Waals surface area contributed by atoms with Crippen LogP contribution >= 0.6 is 11.8 Å². The topological polar surface area (TPSA) is 99.0 Å². The molecule has 2 heterocycles. The zero-order valence-corrected chi connectivity index (χ0v) is 13.5. The molecule has 0 bridgehead atoms. The maximum absolute atomic E-state index is 12.9. The Bertz CT molecular complexity index is 832. The van der Waals surface area contributed by atoms with Crippen LogP contribution in [0.25, 0.3) is 11.6 Å². The molecule has 0 saturated carbocycles. The predicted octanol–water partition coefficient (Wildman–Crippen LogP) is 2.51. The summed E-state index contributed by atoms with van der Waals surface area (Å²) in [5.41, 5.74) is 0.513. The van der Waals surface area contributed by atoms with Gasteiger partial charge >= 0.3 is 0 Å². The second-order valence-electron chi connectivity index (χ2n) is 4.91. The van der Waals surface area contributed by atoms with Crippen LogP contribution in [0.3, 0.4) is 0 Å². The molecule has 124 valence electrons. The van der Waals surface area contributed by atoms with E-state index in [9.17, 15) is 9.18 Å². The van der Waals surface area contributed by atoms with E-state index in [2.05, 4.69) is 15.5 Å². The number of nitrogens with one attached hydrogen (secondary N) is 1. The maximum Gasteiger partial charge on any atom is 0.237 e. The third kappa shape index (κ3) is 3.40. The molecule has 1 amide bonds. The van der Waals surface area contributed by atoms with E-state index in [1.165, 1.54) is 35.2 Å². The van der Waals surface area contributed by atoms with E-state index >= 15 is 0 Å². The van der Waals surface area contributed by atoms with Gasteiger partial charge < -0.3 is 15.6 Å². The molecule has 24 heavy (non-hydrogen) atoms. The average molecular weight is 347 g/mol. The van der Waals surface area contributed by atoms with E-state index in [0.29, 0.717) is 22.4 Å². The van der Waals surface area contributed by atoms with Crippen molar-refractivity contribution in [2.45, 2.75) is 17.3 Å². The van der Waals surface area contributed by atoms with Gasteiger partial charge in [-0.15, -0.1) is 10.2 Å². The Kier molecular flexibility index (Phi) is 4.52. The number of nitrogen functional groups attached to an aromatic ring is 1. The minimum absolute atomic E-state index is 0.255. The lowest BCUT2D eigenvalue weighted by molar-refractivity contribution is -0.115. The van der Waals surface area contributed by atoms with Gasteiger partial charge in [0, 0.05) is 5.69 Å². The first kappa shape index (κ1) is 16.1. The number of hydrogen-bond acceptors (Lipinski definition) is 6. The van der Waals surface area contributed by atoms with Gasteiger partial charge in [-0.2, -0.15) is 0 Å². The van der Waals surface area contributed by atoms with Crippen LogP contribution in [0.4, 0.5) is 10.1 Å². The van der Waals surface area contributed by atoms with Gasteiger partial charge in [0.15, 0.2) is 5.76 Å². The fraction of sp³-hybridized carbons (Fsp3) is 0.133. The number of hydrogen-bond donors (Lipinski definition) is 2. The van der Waals surface area contributed by atoms with Gasteiger partial charge in [-0.25, -0.2) is 9.07 Å². The summed E-state index contributed by atoms with van der Waals surface area (Å²) in [4.78, 5) is 12.2. The van der Waals surface area contributed by atoms with Crippen molar-refractivity contribution >= 4 is 23.4 Å². The average Bonchev–Trinajstić information content (AvgIpc) is 3.20. The van der Waals surface area contributed by atoms with Gasteiger partial charge in [0.25, 0.3) is 0 Å². The lowest BCUT2D eigenvalue weighted by Crippen LogP contribution is -2.23. The highest BCUT2D eigenvalue weighted by Gasteiger charge is 2.20. The molecule has 3 rings (SSSR count). The minimum Gasteiger partial charge on any atom is -0.461 e. The second-order valence-corrected chi connectivity index (χ2v) is 6.22. The largest absolute Gasteiger partial charge is 0.461 e. The molecule has 0 radical (unpaired) electrons. The summed E-state index contributed by atoms with van der Waals surface area (Å²) in [6, 6.07) is 8.97. The van der Waals surface area contributed by atoms with E-state index in [1.807, 2.05) is 0 Å². The summed E-state index contributed by atoms with van der Waals surface area (Å²) in [6.07, 6.45) is 1.51. The molecule has 0 aliphatic rings. The van der Waals surface area contributed by atoms with E-state index < -0.39 is 5.25 Å². The first-order valence-corrected chi connectivity index (χ1v) is 7.90. The Morgan fingerprint density at radius 2 is 2.08 bits per heavy atom. The lowest BCUT2D eigenvalue weighted by atomic mass is 10.3. The lowest BCUT2D eigenvalue weighted by Gasteiger charge is -2.11. The number of carbonyl (C=O) groups is 1. The maximum atomic E-state index is 12.9. The molecule has 0 aliphatic carbocycles. The highest BCUT2D eigenvalue weighted by atomic mass is 32.2. The highest BCUT2D eigenvalue weighted by molar-refractivity contribution is 8.00. The van der Waals surface area contributed by atoms with Gasteiger partial charge in [0.1, 0.15) is 5.82 Å². The van der Waals surface area contributed by atoms with Crippen molar-refractivity contribution < 1.29 is 13.6 Å². The van der Waals surface area contributed by atoms with Gasteiger partial charge in [0.2, 0.25) is 16.9 Å². The number of amides is 1. The number of benzene rings is 1. The Labute approximate surface area is 141 Å². The van der Waals surface area contributed by atoms with Crippen molar-refractivity contribution in [3.63, 3.8) is 0 Å². The molecular weight excluding hydrogens is 333 g/mol. The molecule has 3 aromatic rings. The molecule has 0 saturated heterocycles. The molecular formula is C15H14FN5O2S. The summed E-state index contributed by atoms with van der Waals surface area (Å²) in [6.45, 7) is 1.71. The molecule has 7 nitrogen and oxygen atoms in total. The molecule has 2 aromatic heterocycles. The number of halogens is 1.